The molecule has 1 heterocycles. The third-order valence-electron chi connectivity index (χ3n) is 7.42. The van der Waals surface area contributed by atoms with Gasteiger partial charge in [0, 0.05) is 24.6 Å². The third kappa shape index (κ3) is 6.37. The van der Waals surface area contributed by atoms with Gasteiger partial charge in [-0.05, 0) is 80.4 Å². The molecule has 1 aliphatic rings. The zero-order valence-electron chi connectivity index (χ0n) is 23.6. The number of carbonyl (C=O) groups is 1. The number of aliphatic carboxylic acids is 1. The SMILES string of the molecule is CC[C@@H]1CN(Cc2cc(C(CC(=O)O)c3cc(CN(C)C)c(F)cc3C)ccc2C)S(=O)(=O)c2ccccc2O1. The van der Waals surface area contributed by atoms with E-state index in [2.05, 4.69) is 0 Å². The number of rotatable bonds is 9. The molecule has 0 bridgehead atoms. The summed E-state index contributed by atoms with van der Waals surface area (Å²) in [5.74, 6) is -1.48. The fourth-order valence-electron chi connectivity index (χ4n) is 5.23. The van der Waals surface area contributed by atoms with E-state index in [9.17, 15) is 22.7 Å². The van der Waals surface area contributed by atoms with E-state index in [1.54, 1.807) is 37.3 Å². The molecule has 0 fully saturated rings. The average Bonchev–Trinajstić information content (AvgIpc) is 2.99. The molecule has 0 saturated heterocycles. The largest absolute Gasteiger partial charge is 0.488 e. The highest BCUT2D eigenvalue weighted by atomic mass is 32.2. The molecule has 0 amide bonds. The van der Waals surface area contributed by atoms with Gasteiger partial charge in [0.15, 0.2) is 0 Å². The molecule has 1 N–H and O–H groups in total. The van der Waals surface area contributed by atoms with Crippen LogP contribution in [0.15, 0.2) is 59.5 Å². The van der Waals surface area contributed by atoms with Gasteiger partial charge >= 0.3 is 5.97 Å². The number of carboxylic acids is 1. The summed E-state index contributed by atoms with van der Waals surface area (Å²) in [7, 11) is -0.141. The van der Waals surface area contributed by atoms with Crippen molar-refractivity contribution >= 4 is 16.0 Å². The number of fused-ring (bicyclic) bond motifs is 1. The van der Waals surface area contributed by atoms with Crippen LogP contribution in [0.25, 0.3) is 0 Å². The molecule has 4 rings (SSSR count). The zero-order chi connectivity index (χ0) is 29.2. The molecule has 9 heteroatoms. The molecule has 3 aromatic rings. The molecule has 214 valence electrons. The number of benzene rings is 3. The summed E-state index contributed by atoms with van der Waals surface area (Å²) < 4.78 is 49.7. The minimum Gasteiger partial charge on any atom is -0.488 e. The number of ether oxygens (including phenoxy) is 1. The first-order valence-electron chi connectivity index (χ1n) is 13.4. The van der Waals surface area contributed by atoms with Gasteiger partial charge in [0.1, 0.15) is 22.6 Å². The second-order valence-corrected chi connectivity index (χ2v) is 12.7. The molecule has 0 saturated carbocycles. The monoisotopic (exact) mass is 568 g/mol. The molecule has 0 aliphatic carbocycles. The zero-order valence-corrected chi connectivity index (χ0v) is 24.5. The summed E-state index contributed by atoms with van der Waals surface area (Å²) in [5, 5.41) is 9.82. The van der Waals surface area contributed by atoms with E-state index < -0.39 is 21.9 Å². The van der Waals surface area contributed by atoms with E-state index >= 15 is 0 Å². The molecule has 3 aromatic carbocycles. The van der Waals surface area contributed by atoms with Crippen LogP contribution in [0.1, 0.15) is 59.1 Å². The first kappa shape index (κ1) is 29.7. The van der Waals surface area contributed by atoms with Crippen LogP contribution >= 0.6 is 0 Å². The predicted octanol–water partition coefficient (Wildman–Crippen LogP) is 5.47. The maximum absolute atomic E-state index is 14.8. The fraction of sp³-hybridized carbons (Fsp3) is 0.387. The van der Waals surface area contributed by atoms with Crippen molar-refractivity contribution in [3.63, 3.8) is 0 Å². The minimum atomic E-state index is -3.84. The quantitative estimate of drug-likeness (QED) is 0.368. The van der Waals surface area contributed by atoms with Crippen LogP contribution in [0, 0.1) is 19.7 Å². The number of sulfonamides is 1. The first-order chi connectivity index (χ1) is 18.9. The van der Waals surface area contributed by atoms with Gasteiger partial charge < -0.3 is 14.7 Å². The number of halogens is 1. The smallest absolute Gasteiger partial charge is 0.304 e. The molecule has 1 aliphatic heterocycles. The Bertz CT molecular complexity index is 1510. The molecule has 0 aromatic heterocycles. The molecule has 0 radical (unpaired) electrons. The predicted molar refractivity (Wildman–Crippen MR) is 153 cm³/mol. The van der Waals surface area contributed by atoms with Gasteiger partial charge in [-0.1, -0.05) is 43.3 Å². The number of nitrogens with zero attached hydrogens (tertiary/aromatic N) is 2. The van der Waals surface area contributed by atoms with Crippen molar-refractivity contribution in [1.29, 1.82) is 0 Å². The van der Waals surface area contributed by atoms with Crippen LogP contribution in [-0.2, 0) is 27.9 Å². The minimum absolute atomic E-state index is 0.115. The van der Waals surface area contributed by atoms with Gasteiger partial charge in [0.05, 0.1) is 13.0 Å². The highest BCUT2D eigenvalue weighted by Crippen LogP contribution is 2.36. The number of hydrogen-bond donors (Lipinski definition) is 1. The van der Waals surface area contributed by atoms with E-state index in [4.69, 9.17) is 4.74 Å². The lowest BCUT2D eigenvalue weighted by Gasteiger charge is -2.25. The number of hydrogen-bond acceptors (Lipinski definition) is 5. The molecule has 2 atom stereocenters. The van der Waals surface area contributed by atoms with Crippen LogP contribution in [-0.4, -0.2) is 55.4 Å². The summed E-state index contributed by atoms with van der Waals surface area (Å²) in [5.41, 5.74) is 4.31. The Kier molecular flexibility index (Phi) is 8.97. The number of aryl methyl sites for hydroxylation is 2. The van der Waals surface area contributed by atoms with Gasteiger partial charge in [0.25, 0.3) is 0 Å². The molecule has 40 heavy (non-hydrogen) atoms. The Morgan fingerprint density at radius 3 is 2.50 bits per heavy atom. The summed E-state index contributed by atoms with van der Waals surface area (Å²) in [4.78, 5) is 14.0. The lowest BCUT2D eigenvalue weighted by Crippen LogP contribution is -2.36. The highest BCUT2D eigenvalue weighted by molar-refractivity contribution is 7.89. The Morgan fingerprint density at radius 2 is 1.82 bits per heavy atom. The Morgan fingerprint density at radius 1 is 1.10 bits per heavy atom. The second kappa shape index (κ2) is 12.1. The van der Waals surface area contributed by atoms with Gasteiger partial charge in [-0.2, -0.15) is 4.31 Å². The Labute approximate surface area is 236 Å². The van der Waals surface area contributed by atoms with Crippen molar-refractivity contribution in [2.75, 3.05) is 20.6 Å². The standard InChI is InChI=1S/C31H37FN2O5S/c1-6-25-19-34(40(37,38)30-10-8-7-9-29(30)39-25)18-23-14-22(12-11-20(23)2)27(16-31(35)36)26-15-24(17-33(4)5)28(32)13-21(26)3/h7-15,25,27H,6,16-19H2,1-5H3,(H,35,36)/t25-,27?/m1/s1. The summed E-state index contributed by atoms with van der Waals surface area (Å²) in [6, 6.07) is 15.6. The number of para-hydroxylation sites is 1. The lowest BCUT2D eigenvalue weighted by atomic mass is 9.84. The van der Waals surface area contributed by atoms with Gasteiger partial charge in [0.2, 0.25) is 10.0 Å². The van der Waals surface area contributed by atoms with Crippen molar-refractivity contribution in [1.82, 2.24) is 9.21 Å². The van der Waals surface area contributed by atoms with E-state index in [0.29, 0.717) is 29.8 Å². The maximum Gasteiger partial charge on any atom is 0.304 e. The van der Waals surface area contributed by atoms with Crippen molar-refractivity contribution in [2.24, 2.45) is 0 Å². The van der Waals surface area contributed by atoms with E-state index in [1.165, 1.54) is 10.4 Å². The van der Waals surface area contributed by atoms with Crippen molar-refractivity contribution in [3.05, 3.63) is 93.8 Å². The van der Waals surface area contributed by atoms with Gasteiger partial charge in [-0.3, -0.25) is 4.79 Å². The van der Waals surface area contributed by atoms with E-state index in [1.807, 2.05) is 51.0 Å². The van der Waals surface area contributed by atoms with Crippen LogP contribution < -0.4 is 4.74 Å². The average molecular weight is 569 g/mol. The van der Waals surface area contributed by atoms with E-state index in [0.717, 1.165) is 22.3 Å². The van der Waals surface area contributed by atoms with Crippen molar-refractivity contribution in [3.8, 4) is 5.75 Å². The fourth-order valence-corrected chi connectivity index (χ4v) is 6.80. The third-order valence-corrected chi connectivity index (χ3v) is 9.27. The number of carboxylic acid groups (broad SMARTS) is 1. The van der Waals surface area contributed by atoms with Crippen LogP contribution in [0.3, 0.4) is 0 Å². The summed E-state index contributed by atoms with van der Waals surface area (Å²) in [6.07, 6.45) is 0.148. The summed E-state index contributed by atoms with van der Waals surface area (Å²) in [6.45, 7) is 6.35. The van der Waals surface area contributed by atoms with Crippen molar-refractivity contribution < 1.29 is 27.4 Å². The highest BCUT2D eigenvalue weighted by Gasteiger charge is 2.34. The summed E-state index contributed by atoms with van der Waals surface area (Å²) >= 11 is 0. The maximum atomic E-state index is 14.8. The molecule has 7 nitrogen and oxygen atoms in total. The Hall–Kier alpha value is -3.27. The van der Waals surface area contributed by atoms with E-state index in [-0.39, 0.29) is 36.3 Å². The van der Waals surface area contributed by atoms with Crippen LogP contribution in [0.2, 0.25) is 0 Å². The Balaban J connectivity index is 1.77. The normalized spacial score (nSPS) is 17.6. The molecular weight excluding hydrogens is 531 g/mol. The van der Waals surface area contributed by atoms with Crippen molar-refractivity contribution in [2.45, 2.75) is 63.6 Å². The topological polar surface area (TPSA) is 87.2 Å². The molecule has 1 unspecified atom stereocenters. The van der Waals surface area contributed by atoms with Gasteiger partial charge in [-0.15, -0.1) is 0 Å². The van der Waals surface area contributed by atoms with Gasteiger partial charge in [-0.25, -0.2) is 12.8 Å². The molecule has 0 spiro atoms. The van der Waals surface area contributed by atoms with Crippen LogP contribution in [0.4, 0.5) is 4.39 Å². The lowest BCUT2D eigenvalue weighted by molar-refractivity contribution is -0.137. The first-order valence-corrected chi connectivity index (χ1v) is 14.8. The second-order valence-electron chi connectivity index (χ2n) is 10.8. The molecular formula is C31H37FN2O5S. The van der Waals surface area contributed by atoms with Crippen LogP contribution in [0.5, 0.6) is 5.75 Å².